The molecule has 3 heterocycles. The normalized spacial score (nSPS) is 31.8. The summed E-state index contributed by atoms with van der Waals surface area (Å²) < 4.78 is 18.0. The van der Waals surface area contributed by atoms with Crippen LogP contribution in [0.2, 0.25) is 0 Å². The lowest BCUT2D eigenvalue weighted by atomic mass is 9.52. The first kappa shape index (κ1) is 29.2. The van der Waals surface area contributed by atoms with Crippen molar-refractivity contribution in [3.05, 3.63) is 108 Å². The van der Waals surface area contributed by atoms with Gasteiger partial charge in [-0.2, -0.15) is 0 Å². The number of nitrogens with zero attached hydrogens (tertiary/aromatic N) is 1. The molecule has 9 nitrogen and oxygen atoms in total. The summed E-state index contributed by atoms with van der Waals surface area (Å²) in [5, 5.41) is 12.9. The molecule has 3 aromatic carbocycles. The first-order valence-corrected chi connectivity index (χ1v) is 15.2. The number of hydrogen-bond acceptors (Lipinski definition) is 8. The minimum Gasteiger partial charge on any atom is -0.461 e. The van der Waals surface area contributed by atoms with E-state index in [-0.39, 0.29) is 24.4 Å². The summed E-state index contributed by atoms with van der Waals surface area (Å²) >= 11 is 0. The SMILES string of the molecule is CC(C)(C)[C@]1(O)C[C@@H]2OC(=O)CC23C(=O)O[C@@H]2N(CC(c4ccccc4)c4ccccc4)C(=O)[C@H](OC(=O)c4ccccc4)C231. The fourth-order valence-corrected chi connectivity index (χ4v) is 8.50. The largest absolute Gasteiger partial charge is 0.461 e. The zero-order chi connectivity index (χ0) is 31.8. The Morgan fingerprint density at radius 1 is 0.911 bits per heavy atom. The molecule has 0 bridgehead atoms. The number of carbonyl (C=O) groups excluding carboxylic acids is 4. The van der Waals surface area contributed by atoms with Gasteiger partial charge in [-0.05, 0) is 28.7 Å². The lowest BCUT2D eigenvalue weighted by molar-refractivity contribution is -0.212. The van der Waals surface area contributed by atoms with Crippen LogP contribution in [0.1, 0.15) is 61.0 Å². The summed E-state index contributed by atoms with van der Waals surface area (Å²) in [5.41, 5.74) is -4.33. The maximum Gasteiger partial charge on any atom is 0.338 e. The van der Waals surface area contributed by atoms with Crippen molar-refractivity contribution in [3.8, 4) is 0 Å². The number of benzene rings is 3. The van der Waals surface area contributed by atoms with Crippen LogP contribution in [0.15, 0.2) is 91.0 Å². The van der Waals surface area contributed by atoms with Crippen LogP contribution >= 0.6 is 0 Å². The zero-order valence-corrected chi connectivity index (χ0v) is 25.3. The second-order valence-electron chi connectivity index (χ2n) is 13.6. The molecule has 0 radical (unpaired) electrons. The molecule has 1 saturated carbocycles. The molecule has 3 aliphatic heterocycles. The van der Waals surface area contributed by atoms with Crippen LogP contribution < -0.4 is 0 Å². The summed E-state index contributed by atoms with van der Waals surface area (Å²) in [5.74, 6) is -3.11. The highest BCUT2D eigenvalue weighted by atomic mass is 16.6. The minimum atomic E-state index is -1.84. The van der Waals surface area contributed by atoms with Gasteiger partial charge in [0.25, 0.3) is 5.91 Å². The molecule has 9 heteroatoms. The van der Waals surface area contributed by atoms with Gasteiger partial charge < -0.3 is 24.2 Å². The number of aliphatic hydroxyl groups is 1. The molecule has 232 valence electrons. The Labute approximate surface area is 261 Å². The van der Waals surface area contributed by atoms with E-state index in [2.05, 4.69) is 0 Å². The Hall–Kier alpha value is -4.50. The third kappa shape index (κ3) is 3.83. The van der Waals surface area contributed by atoms with E-state index < -0.39 is 70.5 Å². The van der Waals surface area contributed by atoms with Gasteiger partial charge in [0.2, 0.25) is 0 Å². The highest BCUT2D eigenvalue weighted by Gasteiger charge is 2.93. The Kier molecular flexibility index (Phi) is 6.50. The molecule has 1 aliphatic carbocycles. The highest BCUT2D eigenvalue weighted by molar-refractivity contribution is 5.99. The summed E-state index contributed by atoms with van der Waals surface area (Å²) in [6, 6.07) is 27.5. The highest BCUT2D eigenvalue weighted by Crippen LogP contribution is 2.76. The van der Waals surface area contributed by atoms with Gasteiger partial charge >= 0.3 is 17.9 Å². The van der Waals surface area contributed by atoms with Crippen molar-refractivity contribution in [2.45, 2.75) is 63.6 Å². The Morgan fingerprint density at radius 3 is 2.02 bits per heavy atom. The van der Waals surface area contributed by atoms with Gasteiger partial charge in [-0.3, -0.25) is 14.4 Å². The number of rotatable bonds is 6. The Morgan fingerprint density at radius 2 is 1.47 bits per heavy atom. The van der Waals surface area contributed by atoms with E-state index in [9.17, 15) is 24.3 Å². The molecule has 2 spiro atoms. The van der Waals surface area contributed by atoms with Gasteiger partial charge in [0.05, 0.1) is 17.6 Å². The van der Waals surface area contributed by atoms with Crippen LogP contribution in [0, 0.1) is 16.2 Å². The maximum atomic E-state index is 14.8. The lowest BCUT2D eigenvalue weighted by Gasteiger charge is -2.51. The second-order valence-corrected chi connectivity index (χ2v) is 13.6. The maximum absolute atomic E-state index is 14.8. The first-order chi connectivity index (χ1) is 21.5. The molecule has 6 atom stereocenters. The molecule has 4 fully saturated rings. The van der Waals surface area contributed by atoms with E-state index in [1.807, 2.05) is 60.7 Å². The second kappa shape index (κ2) is 10.0. The number of hydrogen-bond donors (Lipinski definition) is 1. The van der Waals surface area contributed by atoms with Crippen molar-refractivity contribution >= 4 is 23.8 Å². The van der Waals surface area contributed by atoms with Gasteiger partial charge in [0.1, 0.15) is 16.9 Å². The van der Waals surface area contributed by atoms with Crippen molar-refractivity contribution in [1.82, 2.24) is 4.90 Å². The fraction of sp³-hybridized carbons (Fsp3) is 0.389. The van der Waals surface area contributed by atoms with Crippen LogP contribution in [0.5, 0.6) is 0 Å². The molecule has 45 heavy (non-hydrogen) atoms. The van der Waals surface area contributed by atoms with E-state index in [4.69, 9.17) is 14.2 Å². The first-order valence-electron chi connectivity index (χ1n) is 15.2. The third-order valence-electron chi connectivity index (χ3n) is 10.6. The van der Waals surface area contributed by atoms with E-state index in [0.717, 1.165) is 11.1 Å². The van der Waals surface area contributed by atoms with Crippen LogP contribution in [-0.2, 0) is 28.6 Å². The average molecular weight is 610 g/mol. The Bertz CT molecular complexity index is 1630. The molecule has 7 rings (SSSR count). The van der Waals surface area contributed by atoms with Gasteiger partial charge in [0.15, 0.2) is 12.3 Å². The quantitative estimate of drug-likeness (QED) is 0.326. The number of ether oxygens (including phenoxy) is 3. The standard InChI is InChI=1S/C36H35NO8/c1-33(2,3)35(42)19-26-34(20-27(38)43-26)32(41)45-31-36(34,35)28(44-30(40)24-17-11-6-12-18-24)29(39)37(31)21-25(22-13-7-4-8-14-22)23-15-9-5-10-16-23/h4-18,25-26,28,31,42H,19-21H2,1-3H3/t26-,28-,31-,34?,35+,36?/m0/s1. The summed E-state index contributed by atoms with van der Waals surface area (Å²) in [6.45, 7) is 5.47. The van der Waals surface area contributed by atoms with Gasteiger partial charge in [0, 0.05) is 18.9 Å². The van der Waals surface area contributed by atoms with Crippen molar-refractivity contribution in [1.29, 1.82) is 0 Å². The van der Waals surface area contributed by atoms with E-state index in [0.29, 0.717) is 0 Å². The smallest absolute Gasteiger partial charge is 0.338 e. The van der Waals surface area contributed by atoms with Crippen molar-refractivity contribution in [2.75, 3.05) is 6.54 Å². The molecule has 3 aromatic rings. The lowest BCUT2D eigenvalue weighted by Crippen LogP contribution is -2.66. The van der Waals surface area contributed by atoms with Gasteiger partial charge in [-0.1, -0.05) is 99.6 Å². The van der Waals surface area contributed by atoms with Gasteiger partial charge in [-0.25, -0.2) is 4.79 Å². The molecule has 1 amide bonds. The number of amides is 1. The fourth-order valence-electron chi connectivity index (χ4n) is 8.50. The number of esters is 3. The number of likely N-dealkylation sites (tertiary alicyclic amines) is 1. The van der Waals surface area contributed by atoms with Crippen molar-refractivity contribution in [3.63, 3.8) is 0 Å². The molecule has 3 saturated heterocycles. The van der Waals surface area contributed by atoms with Crippen LogP contribution in [-0.4, -0.2) is 64.4 Å². The molecule has 0 aromatic heterocycles. The summed E-state index contributed by atoms with van der Waals surface area (Å²) in [7, 11) is 0. The molecule has 1 N–H and O–H groups in total. The zero-order valence-electron chi connectivity index (χ0n) is 25.3. The molecule has 4 aliphatic rings. The third-order valence-corrected chi connectivity index (χ3v) is 10.6. The van der Waals surface area contributed by atoms with Crippen molar-refractivity contribution in [2.24, 2.45) is 16.2 Å². The summed E-state index contributed by atoms with van der Waals surface area (Å²) in [6.07, 6.45) is -4.54. The van der Waals surface area contributed by atoms with E-state index in [1.165, 1.54) is 4.90 Å². The Balaban J connectivity index is 1.43. The van der Waals surface area contributed by atoms with Crippen molar-refractivity contribution < 1.29 is 38.5 Å². The average Bonchev–Trinajstić information content (AvgIpc) is 3.64. The van der Waals surface area contributed by atoms with Crippen LogP contribution in [0.4, 0.5) is 0 Å². The van der Waals surface area contributed by atoms with Gasteiger partial charge in [-0.15, -0.1) is 0 Å². The predicted octanol–water partition coefficient (Wildman–Crippen LogP) is 4.24. The van der Waals surface area contributed by atoms with Crippen LogP contribution in [0.3, 0.4) is 0 Å². The van der Waals surface area contributed by atoms with E-state index in [1.54, 1.807) is 51.1 Å². The minimum absolute atomic E-state index is 0.0573. The summed E-state index contributed by atoms with van der Waals surface area (Å²) in [4.78, 5) is 57.0. The molecular formula is C36H35NO8. The monoisotopic (exact) mass is 609 g/mol. The number of carbonyl (C=O) groups is 4. The van der Waals surface area contributed by atoms with E-state index >= 15 is 0 Å². The van der Waals surface area contributed by atoms with Crippen LogP contribution in [0.25, 0.3) is 0 Å². The predicted molar refractivity (Wildman–Crippen MR) is 160 cm³/mol. The topological polar surface area (TPSA) is 119 Å². The molecular weight excluding hydrogens is 574 g/mol. The molecule has 2 unspecified atom stereocenters.